The minimum Gasteiger partial charge on any atom is -0.496 e. The van der Waals surface area contributed by atoms with Crippen molar-refractivity contribution in [2.45, 2.75) is 25.9 Å². The molecule has 2 aromatic rings. The molecule has 4 heteroatoms. The van der Waals surface area contributed by atoms with Gasteiger partial charge in [-0.2, -0.15) is 5.10 Å². The Labute approximate surface area is 107 Å². The zero-order valence-corrected chi connectivity index (χ0v) is 11.0. The molecule has 1 heterocycles. The Morgan fingerprint density at radius 3 is 2.56 bits per heavy atom. The minimum atomic E-state index is -0.0550. The van der Waals surface area contributed by atoms with E-state index < -0.39 is 0 Å². The molecular formula is C14H19N3O. The Morgan fingerprint density at radius 2 is 2.00 bits per heavy atom. The Hall–Kier alpha value is -1.81. The largest absolute Gasteiger partial charge is 0.496 e. The molecule has 0 saturated heterocycles. The van der Waals surface area contributed by atoms with E-state index in [1.54, 1.807) is 7.11 Å². The average molecular weight is 245 g/mol. The summed E-state index contributed by atoms with van der Waals surface area (Å²) in [5.41, 5.74) is 8.15. The van der Waals surface area contributed by atoms with Crippen molar-refractivity contribution in [3.8, 4) is 5.75 Å². The molecule has 1 aromatic heterocycles. The van der Waals surface area contributed by atoms with Crippen molar-refractivity contribution in [3.63, 3.8) is 0 Å². The van der Waals surface area contributed by atoms with Crippen molar-refractivity contribution in [1.82, 2.24) is 9.78 Å². The van der Waals surface area contributed by atoms with Crippen LogP contribution < -0.4 is 10.5 Å². The second kappa shape index (κ2) is 5.23. The van der Waals surface area contributed by atoms with Crippen LogP contribution in [0.4, 0.5) is 0 Å². The fourth-order valence-corrected chi connectivity index (χ4v) is 2.17. The molecule has 0 fully saturated rings. The van der Waals surface area contributed by atoms with Crippen LogP contribution in [0.3, 0.4) is 0 Å². The standard InChI is InChI=1S/C14H19N3O/c1-10-8-9-17(16-10)14(11(2)15)12-6-4-5-7-13(12)18-3/h4-9,11,14H,15H2,1-3H3. The van der Waals surface area contributed by atoms with Gasteiger partial charge >= 0.3 is 0 Å². The van der Waals surface area contributed by atoms with Crippen LogP contribution in [-0.4, -0.2) is 22.9 Å². The Balaban J connectivity index is 2.48. The highest BCUT2D eigenvalue weighted by Gasteiger charge is 2.22. The van der Waals surface area contributed by atoms with Crippen LogP contribution in [0.2, 0.25) is 0 Å². The summed E-state index contributed by atoms with van der Waals surface area (Å²) in [6, 6.07) is 9.82. The maximum Gasteiger partial charge on any atom is 0.124 e. The van der Waals surface area contributed by atoms with E-state index in [2.05, 4.69) is 5.10 Å². The van der Waals surface area contributed by atoms with E-state index in [9.17, 15) is 0 Å². The normalized spacial score (nSPS) is 14.2. The maximum atomic E-state index is 6.12. The number of hydrogen-bond acceptors (Lipinski definition) is 3. The van der Waals surface area contributed by atoms with Gasteiger partial charge in [0.25, 0.3) is 0 Å². The molecule has 0 spiro atoms. The Morgan fingerprint density at radius 1 is 1.28 bits per heavy atom. The number of benzene rings is 1. The van der Waals surface area contributed by atoms with Crippen LogP contribution in [0.25, 0.3) is 0 Å². The second-order valence-corrected chi connectivity index (χ2v) is 4.48. The summed E-state index contributed by atoms with van der Waals surface area (Å²) < 4.78 is 7.31. The molecule has 2 N–H and O–H groups in total. The van der Waals surface area contributed by atoms with Gasteiger partial charge in [-0.15, -0.1) is 0 Å². The lowest BCUT2D eigenvalue weighted by molar-refractivity contribution is 0.385. The summed E-state index contributed by atoms with van der Waals surface area (Å²) in [4.78, 5) is 0. The highest BCUT2D eigenvalue weighted by atomic mass is 16.5. The number of aryl methyl sites for hydroxylation is 1. The second-order valence-electron chi connectivity index (χ2n) is 4.48. The summed E-state index contributed by atoms with van der Waals surface area (Å²) in [6.45, 7) is 3.95. The molecule has 0 saturated carbocycles. The van der Waals surface area contributed by atoms with E-state index in [1.165, 1.54) is 0 Å². The topological polar surface area (TPSA) is 53.1 Å². The lowest BCUT2D eigenvalue weighted by Crippen LogP contribution is -2.31. The third-order valence-corrected chi connectivity index (χ3v) is 2.98. The van der Waals surface area contributed by atoms with Gasteiger partial charge in [0.1, 0.15) is 5.75 Å². The van der Waals surface area contributed by atoms with Crippen molar-refractivity contribution in [2.24, 2.45) is 5.73 Å². The van der Waals surface area contributed by atoms with Gasteiger partial charge in [-0.1, -0.05) is 18.2 Å². The highest BCUT2D eigenvalue weighted by Crippen LogP contribution is 2.29. The predicted molar refractivity (Wildman–Crippen MR) is 71.7 cm³/mol. The Bertz CT molecular complexity index is 519. The van der Waals surface area contributed by atoms with E-state index in [0.29, 0.717) is 0 Å². The number of ether oxygens (including phenoxy) is 1. The highest BCUT2D eigenvalue weighted by molar-refractivity contribution is 5.37. The van der Waals surface area contributed by atoms with Crippen molar-refractivity contribution in [1.29, 1.82) is 0 Å². The first-order chi connectivity index (χ1) is 8.63. The quantitative estimate of drug-likeness (QED) is 0.897. The molecule has 2 atom stereocenters. The fraction of sp³-hybridized carbons (Fsp3) is 0.357. The first-order valence-electron chi connectivity index (χ1n) is 6.03. The number of aromatic nitrogens is 2. The van der Waals surface area contributed by atoms with E-state index in [4.69, 9.17) is 10.5 Å². The van der Waals surface area contributed by atoms with E-state index in [-0.39, 0.29) is 12.1 Å². The van der Waals surface area contributed by atoms with Crippen LogP contribution in [0.5, 0.6) is 5.75 Å². The maximum absolute atomic E-state index is 6.12. The molecule has 96 valence electrons. The number of methoxy groups -OCH3 is 1. The van der Waals surface area contributed by atoms with Gasteiger partial charge in [-0.3, -0.25) is 4.68 Å². The molecule has 0 aliphatic carbocycles. The summed E-state index contributed by atoms with van der Waals surface area (Å²) in [6.07, 6.45) is 1.95. The van der Waals surface area contributed by atoms with Crippen LogP contribution in [0.15, 0.2) is 36.5 Å². The SMILES string of the molecule is COc1ccccc1C(C(C)N)n1ccc(C)n1. The number of para-hydroxylation sites is 1. The molecule has 0 bridgehead atoms. The van der Waals surface area contributed by atoms with Crippen LogP contribution in [0.1, 0.15) is 24.2 Å². The summed E-state index contributed by atoms with van der Waals surface area (Å²) in [5, 5.41) is 4.47. The number of nitrogens with zero attached hydrogens (tertiary/aromatic N) is 2. The van der Waals surface area contributed by atoms with Gasteiger partial charge < -0.3 is 10.5 Å². The number of nitrogens with two attached hydrogens (primary N) is 1. The molecule has 0 aliphatic heterocycles. The molecule has 1 aromatic carbocycles. The van der Waals surface area contributed by atoms with Gasteiger partial charge in [0.05, 0.1) is 18.8 Å². The molecule has 2 rings (SSSR count). The molecular weight excluding hydrogens is 226 g/mol. The minimum absolute atomic E-state index is 0.0187. The predicted octanol–water partition coefficient (Wildman–Crippen LogP) is 2.14. The van der Waals surface area contributed by atoms with Crippen molar-refractivity contribution in [2.75, 3.05) is 7.11 Å². The first-order valence-corrected chi connectivity index (χ1v) is 6.03. The fourth-order valence-electron chi connectivity index (χ4n) is 2.17. The van der Waals surface area contributed by atoms with E-state index >= 15 is 0 Å². The zero-order valence-electron chi connectivity index (χ0n) is 11.0. The van der Waals surface area contributed by atoms with Crippen molar-refractivity contribution in [3.05, 3.63) is 47.8 Å². The average Bonchev–Trinajstić information content (AvgIpc) is 2.76. The van der Waals surface area contributed by atoms with Gasteiger partial charge in [-0.05, 0) is 26.0 Å². The monoisotopic (exact) mass is 245 g/mol. The first kappa shape index (κ1) is 12.6. The molecule has 0 aliphatic rings. The Kier molecular flexibility index (Phi) is 3.67. The van der Waals surface area contributed by atoms with E-state index in [1.807, 2.05) is 55.1 Å². The molecule has 2 unspecified atom stereocenters. The molecule has 0 radical (unpaired) electrons. The van der Waals surface area contributed by atoms with Crippen LogP contribution >= 0.6 is 0 Å². The van der Waals surface area contributed by atoms with Gasteiger partial charge in [0.15, 0.2) is 0 Å². The van der Waals surface area contributed by atoms with Crippen LogP contribution in [0, 0.1) is 6.92 Å². The van der Waals surface area contributed by atoms with E-state index in [0.717, 1.165) is 17.0 Å². The van der Waals surface area contributed by atoms with Gasteiger partial charge in [0, 0.05) is 17.8 Å². The van der Waals surface area contributed by atoms with Crippen LogP contribution in [-0.2, 0) is 0 Å². The number of rotatable bonds is 4. The zero-order chi connectivity index (χ0) is 13.1. The third kappa shape index (κ3) is 2.38. The third-order valence-electron chi connectivity index (χ3n) is 2.98. The molecule has 18 heavy (non-hydrogen) atoms. The molecule has 0 amide bonds. The van der Waals surface area contributed by atoms with Gasteiger partial charge in [0.2, 0.25) is 0 Å². The van der Waals surface area contributed by atoms with Crippen molar-refractivity contribution >= 4 is 0 Å². The van der Waals surface area contributed by atoms with Gasteiger partial charge in [-0.25, -0.2) is 0 Å². The number of hydrogen-bond donors (Lipinski definition) is 1. The summed E-state index contributed by atoms with van der Waals surface area (Å²) >= 11 is 0. The van der Waals surface area contributed by atoms with Crippen molar-refractivity contribution < 1.29 is 4.74 Å². The summed E-state index contributed by atoms with van der Waals surface area (Å²) in [7, 11) is 1.67. The lowest BCUT2D eigenvalue weighted by atomic mass is 10.0. The lowest BCUT2D eigenvalue weighted by Gasteiger charge is -2.23. The molecule has 4 nitrogen and oxygen atoms in total. The summed E-state index contributed by atoms with van der Waals surface area (Å²) in [5.74, 6) is 0.841. The smallest absolute Gasteiger partial charge is 0.124 e.